The smallest absolute Gasteiger partial charge is 0.150 e. The molecule has 13 heavy (non-hydrogen) atoms. The van der Waals surface area contributed by atoms with Gasteiger partial charge in [0.2, 0.25) is 0 Å². The summed E-state index contributed by atoms with van der Waals surface area (Å²) in [5.74, 6) is 0. The molecule has 1 aromatic rings. The molecule has 0 heterocycles. The lowest BCUT2D eigenvalue weighted by molar-refractivity contribution is 0.112. The Morgan fingerprint density at radius 2 is 2.00 bits per heavy atom. The van der Waals surface area contributed by atoms with E-state index in [1.165, 1.54) is 0 Å². The third-order valence-corrected chi connectivity index (χ3v) is 1.92. The summed E-state index contributed by atoms with van der Waals surface area (Å²) in [6.45, 7) is 2.10. The zero-order valence-electron chi connectivity index (χ0n) is 7.86. The molecule has 1 nitrogen and oxygen atoms in total. The molecular formula is C12H14O. The van der Waals surface area contributed by atoms with Crippen molar-refractivity contribution < 1.29 is 4.79 Å². The molecule has 0 spiro atoms. The number of carbonyl (C=O) groups is 1. The van der Waals surface area contributed by atoms with Crippen LogP contribution in [0.25, 0.3) is 0 Å². The van der Waals surface area contributed by atoms with Gasteiger partial charge >= 0.3 is 0 Å². The molecule has 0 atom stereocenters. The Hall–Kier alpha value is -1.37. The number of rotatable bonds is 4. The van der Waals surface area contributed by atoms with Crippen molar-refractivity contribution in [2.45, 2.75) is 19.8 Å². The van der Waals surface area contributed by atoms with E-state index in [1.54, 1.807) is 0 Å². The Balaban J connectivity index is 2.75. The molecule has 0 radical (unpaired) electrons. The van der Waals surface area contributed by atoms with Gasteiger partial charge < -0.3 is 0 Å². The minimum absolute atomic E-state index is 0.795. The van der Waals surface area contributed by atoms with E-state index in [2.05, 4.69) is 19.1 Å². The maximum atomic E-state index is 10.6. The maximum Gasteiger partial charge on any atom is 0.150 e. The summed E-state index contributed by atoms with van der Waals surface area (Å²) in [4.78, 5) is 10.6. The fourth-order valence-electron chi connectivity index (χ4n) is 1.21. The largest absolute Gasteiger partial charge is 0.298 e. The predicted octanol–water partition coefficient (Wildman–Crippen LogP) is 3.01. The molecule has 1 aromatic carbocycles. The van der Waals surface area contributed by atoms with Gasteiger partial charge in [-0.3, -0.25) is 4.79 Å². The van der Waals surface area contributed by atoms with Gasteiger partial charge in [-0.1, -0.05) is 43.3 Å². The summed E-state index contributed by atoms with van der Waals surface area (Å²) in [5, 5.41) is 0. The van der Waals surface area contributed by atoms with Crippen molar-refractivity contribution in [2.75, 3.05) is 0 Å². The number of allylic oxidation sites excluding steroid dienone is 2. The van der Waals surface area contributed by atoms with Gasteiger partial charge in [-0.2, -0.15) is 0 Å². The summed E-state index contributed by atoms with van der Waals surface area (Å²) in [5.41, 5.74) is 1.89. The van der Waals surface area contributed by atoms with E-state index in [0.717, 1.165) is 30.3 Å². The second-order valence-electron chi connectivity index (χ2n) is 2.90. The molecule has 68 valence electrons. The van der Waals surface area contributed by atoms with Gasteiger partial charge in [-0.15, -0.1) is 0 Å². The van der Waals surface area contributed by atoms with E-state index in [0.29, 0.717) is 0 Å². The number of aldehydes is 1. The van der Waals surface area contributed by atoms with E-state index in [9.17, 15) is 4.79 Å². The highest BCUT2D eigenvalue weighted by molar-refractivity contribution is 5.77. The molecule has 0 amide bonds. The average molecular weight is 174 g/mol. The third kappa shape index (κ3) is 2.86. The van der Waals surface area contributed by atoms with Crippen LogP contribution in [-0.4, -0.2) is 6.29 Å². The van der Waals surface area contributed by atoms with Crippen molar-refractivity contribution in [1.29, 1.82) is 0 Å². The zero-order chi connectivity index (χ0) is 9.52. The van der Waals surface area contributed by atoms with Crippen molar-refractivity contribution in [2.24, 2.45) is 0 Å². The van der Waals surface area contributed by atoms with Crippen LogP contribution < -0.4 is 0 Å². The highest BCUT2D eigenvalue weighted by atomic mass is 16.1. The average Bonchev–Trinajstić information content (AvgIpc) is 2.19. The van der Waals surface area contributed by atoms with Gasteiger partial charge in [-0.25, -0.2) is 0 Å². The Bertz CT molecular complexity index is 300. The first-order chi connectivity index (χ1) is 6.38. The fourth-order valence-corrected chi connectivity index (χ4v) is 1.21. The Morgan fingerprint density at radius 1 is 1.23 bits per heavy atom. The van der Waals surface area contributed by atoms with Crippen molar-refractivity contribution in [3.05, 3.63) is 47.5 Å². The van der Waals surface area contributed by atoms with Crippen LogP contribution in [0, 0.1) is 0 Å². The highest BCUT2D eigenvalue weighted by Crippen LogP contribution is 2.07. The molecule has 0 aliphatic heterocycles. The van der Waals surface area contributed by atoms with Crippen molar-refractivity contribution in [3.8, 4) is 0 Å². The lowest BCUT2D eigenvalue weighted by atomic mass is 10.1. The first kappa shape index (κ1) is 9.72. The van der Waals surface area contributed by atoms with Crippen molar-refractivity contribution >= 4 is 6.29 Å². The van der Waals surface area contributed by atoms with Crippen LogP contribution in [0.1, 0.15) is 29.3 Å². The minimum Gasteiger partial charge on any atom is -0.298 e. The van der Waals surface area contributed by atoms with E-state index < -0.39 is 0 Å². The SMILES string of the molecule is CC/C=C\Cc1ccccc1C=O. The normalized spacial score (nSPS) is 10.5. The van der Waals surface area contributed by atoms with Crippen LogP contribution in [0.3, 0.4) is 0 Å². The summed E-state index contributed by atoms with van der Waals surface area (Å²) < 4.78 is 0. The molecule has 0 saturated heterocycles. The van der Waals surface area contributed by atoms with Crippen LogP contribution in [0.15, 0.2) is 36.4 Å². The Morgan fingerprint density at radius 3 is 2.69 bits per heavy atom. The van der Waals surface area contributed by atoms with E-state index in [1.807, 2.05) is 24.3 Å². The summed E-state index contributed by atoms with van der Waals surface area (Å²) in [6.07, 6.45) is 7.02. The number of carbonyl (C=O) groups excluding carboxylic acids is 1. The first-order valence-corrected chi connectivity index (χ1v) is 4.56. The molecule has 0 aromatic heterocycles. The minimum atomic E-state index is 0.795. The molecule has 0 saturated carbocycles. The lowest BCUT2D eigenvalue weighted by Crippen LogP contribution is -1.89. The van der Waals surface area contributed by atoms with Crippen molar-refractivity contribution in [1.82, 2.24) is 0 Å². The molecular weight excluding hydrogens is 160 g/mol. The van der Waals surface area contributed by atoms with E-state index in [-0.39, 0.29) is 0 Å². The maximum absolute atomic E-state index is 10.6. The molecule has 1 rings (SSSR count). The summed E-state index contributed by atoms with van der Waals surface area (Å²) in [6, 6.07) is 7.69. The van der Waals surface area contributed by atoms with Gasteiger partial charge in [0.1, 0.15) is 6.29 Å². The van der Waals surface area contributed by atoms with Crippen LogP contribution in [-0.2, 0) is 6.42 Å². The Labute approximate surface area is 79.1 Å². The van der Waals surface area contributed by atoms with Gasteiger partial charge in [0.25, 0.3) is 0 Å². The van der Waals surface area contributed by atoms with E-state index >= 15 is 0 Å². The molecule has 0 aliphatic carbocycles. The van der Waals surface area contributed by atoms with Gasteiger partial charge in [-0.05, 0) is 18.4 Å². The first-order valence-electron chi connectivity index (χ1n) is 4.56. The van der Waals surface area contributed by atoms with Gasteiger partial charge in [0, 0.05) is 5.56 Å². The third-order valence-electron chi connectivity index (χ3n) is 1.92. The monoisotopic (exact) mass is 174 g/mol. The predicted molar refractivity (Wildman–Crippen MR) is 55.0 cm³/mol. The molecule has 0 bridgehead atoms. The second kappa shape index (κ2) is 5.31. The molecule has 0 unspecified atom stereocenters. The molecule has 0 N–H and O–H groups in total. The Kier molecular flexibility index (Phi) is 3.97. The zero-order valence-corrected chi connectivity index (χ0v) is 7.86. The highest BCUT2D eigenvalue weighted by Gasteiger charge is 1.96. The quantitative estimate of drug-likeness (QED) is 0.506. The van der Waals surface area contributed by atoms with Gasteiger partial charge in [0.05, 0.1) is 0 Å². The topological polar surface area (TPSA) is 17.1 Å². The lowest BCUT2D eigenvalue weighted by Gasteiger charge is -1.99. The fraction of sp³-hybridized carbons (Fsp3) is 0.250. The van der Waals surface area contributed by atoms with Crippen LogP contribution in [0.4, 0.5) is 0 Å². The summed E-state index contributed by atoms with van der Waals surface area (Å²) in [7, 11) is 0. The number of hydrogen-bond acceptors (Lipinski definition) is 1. The molecule has 0 aliphatic rings. The van der Waals surface area contributed by atoms with Gasteiger partial charge in [0.15, 0.2) is 0 Å². The molecule has 0 fully saturated rings. The van der Waals surface area contributed by atoms with Crippen LogP contribution in [0.2, 0.25) is 0 Å². The second-order valence-corrected chi connectivity index (χ2v) is 2.90. The van der Waals surface area contributed by atoms with Crippen molar-refractivity contribution in [3.63, 3.8) is 0 Å². The molecule has 1 heteroatoms. The van der Waals surface area contributed by atoms with Crippen LogP contribution in [0.5, 0.6) is 0 Å². The number of benzene rings is 1. The standard InChI is InChI=1S/C12H14O/c1-2-3-4-7-11-8-5-6-9-12(11)10-13/h3-6,8-10H,2,7H2,1H3/b4-3-. The number of hydrogen-bond donors (Lipinski definition) is 0. The summed E-state index contributed by atoms with van der Waals surface area (Å²) >= 11 is 0. The van der Waals surface area contributed by atoms with Crippen LogP contribution >= 0.6 is 0 Å². The van der Waals surface area contributed by atoms with E-state index in [4.69, 9.17) is 0 Å².